The number of nitrogens with two attached hydrogens (primary N) is 1. The third kappa shape index (κ3) is 3.99. The molecule has 5 heteroatoms. The first-order chi connectivity index (χ1) is 10.7. The number of para-hydroxylation sites is 1. The normalized spacial score (nSPS) is 22.3. The Labute approximate surface area is 131 Å². The molecule has 1 aromatic carbocycles. The van der Waals surface area contributed by atoms with Gasteiger partial charge in [-0.1, -0.05) is 12.1 Å². The number of benzene rings is 1. The van der Waals surface area contributed by atoms with Crippen molar-refractivity contribution in [2.45, 2.75) is 37.8 Å². The van der Waals surface area contributed by atoms with Gasteiger partial charge in [0.2, 0.25) is 0 Å². The number of carbonyl (C=O) groups is 1. The summed E-state index contributed by atoms with van der Waals surface area (Å²) in [5.74, 6) is 1.06. The quantitative estimate of drug-likeness (QED) is 0.804. The summed E-state index contributed by atoms with van der Waals surface area (Å²) in [5, 5.41) is 2.91. The van der Waals surface area contributed by atoms with Crippen molar-refractivity contribution in [3.8, 4) is 5.75 Å². The lowest BCUT2D eigenvalue weighted by Gasteiger charge is -2.16. The van der Waals surface area contributed by atoms with Gasteiger partial charge in [0.25, 0.3) is 5.91 Å². The molecule has 2 fully saturated rings. The largest absolute Gasteiger partial charge is 0.490 e. The number of amides is 1. The molecule has 0 bridgehead atoms. The molecule has 120 valence electrons. The summed E-state index contributed by atoms with van der Waals surface area (Å²) >= 11 is 0. The Morgan fingerprint density at radius 1 is 1.36 bits per heavy atom. The Kier molecular flexibility index (Phi) is 4.95. The van der Waals surface area contributed by atoms with E-state index in [0.29, 0.717) is 30.4 Å². The highest BCUT2D eigenvalue weighted by Gasteiger charge is 2.28. The summed E-state index contributed by atoms with van der Waals surface area (Å²) in [6, 6.07) is 7.38. The summed E-state index contributed by atoms with van der Waals surface area (Å²) in [5.41, 5.74) is 6.58. The number of hydrogen-bond donors (Lipinski definition) is 2. The average Bonchev–Trinajstić information content (AvgIpc) is 3.27. The van der Waals surface area contributed by atoms with Crippen LogP contribution in [0.5, 0.6) is 5.75 Å². The molecule has 1 aliphatic carbocycles. The van der Waals surface area contributed by atoms with Crippen LogP contribution in [0.15, 0.2) is 24.3 Å². The lowest BCUT2D eigenvalue weighted by molar-refractivity contribution is 0.0670. The minimum Gasteiger partial charge on any atom is -0.490 e. The van der Waals surface area contributed by atoms with E-state index in [1.54, 1.807) is 6.07 Å². The number of ether oxygens (including phenoxy) is 2. The van der Waals surface area contributed by atoms with Crippen LogP contribution in [0, 0.1) is 5.92 Å². The van der Waals surface area contributed by atoms with Crippen molar-refractivity contribution in [2.24, 2.45) is 11.7 Å². The van der Waals surface area contributed by atoms with Gasteiger partial charge in [0.05, 0.1) is 11.7 Å². The molecule has 0 aromatic heterocycles. The zero-order valence-electron chi connectivity index (χ0n) is 12.8. The molecule has 22 heavy (non-hydrogen) atoms. The molecule has 1 aromatic rings. The SMILES string of the molecule is NC(CNC(=O)c1ccccc1OCC1CCCO1)C1CC1. The molecule has 1 saturated carbocycles. The maximum atomic E-state index is 12.3. The lowest BCUT2D eigenvalue weighted by atomic mass is 10.1. The number of hydrogen-bond acceptors (Lipinski definition) is 4. The Balaban J connectivity index is 1.55. The van der Waals surface area contributed by atoms with Crippen molar-refractivity contribution in [3.63, 3.8) is 0 Å². The van der Waals surface area contributed by atoms with Crippen LogP contribution in [-0.2, 0) is 4.74 Å². The standard InChI is InChI=1S/C17H24N2O3/c18-15(12-7-8-12)10-19-17(20)14-5-1-2-6-16(14)22-11-13-4-3-9-21-13/h1-2,5-6,12-13,15H,3-4,7-11,18H2,(H,19,20). The molecule has 3 N–H and O–H groups in total. The van der Waals surface area contributed by atoms with E-state index in [9.17, 15) is 4.79 Å². The fraction of sp³-hybridized carbons (Fsp3) is 0.588. The smallest absolute Gasteiger partial charge is 0.255 e. The molecule has 0 radical (unpaired) electrons. The molecular formula is C17H24N2O3. The van der Waals surface area contributed by atoms with Gasteiger partial charge in [-0.2, -0.15) is 0 Å². The van der Waals surface area contributed by atoms with E-state index in [4.69, 9.17) is 15.2 Å². The molecule has 1 heterocycles. The van der Waals surface area contributed by atoms with E-state index in [0.717, 1.165) is 19.4 Å². The fourth-order valence-electron chi connectivity index (χ4n) is 2.74. The summed E-state index contributed by atoms with van der Waals surface area (Å²) < 4.78 is 11.3. The second-order valence-corrected chi connectivity index (χ2v) is 6.15. The van der Waals surface area contributed by atoms with E-state index in [1.807, 2.05) is 18.2 Å². The summed E-state index contributed by atoms with van der Waals surface area (Å²) in [7, 11) is 0. The van der Waals surface area contributed by atoms with Crippen LogP contribution >= 0.6 is 0 Å². The summed E-state index contributed by atoms with van der Waals surface area (Å²) in [4.78, 5) is 12.3. The highest BCUT2D eigenvalue weighted by Crippen LogP contribution is 2.31. The zero-order chi connectivity index (χ0) is 15.4. The minimum absolute atomic E-state index is 0.0592. The Hall–Kier alpha value is -1.59. The third-order valence-corrected chi connectivity index (χ3v) is 4.31. The van der Waals surface area contributed by atoms with Gasteiger partial charge in [-0.05, 0) is 43.7 Å². The van der Waals surface area contributed by atoms with E-state index in [2.05, 4.69) is 5.32 Å². The molecular weight excluding hydrogens is 280 g/mol. The van der Waals surface area contributed by atoms with Crippen LogP contribution < -0.4 is 15.8 Å². The molecule has 0 spiro atoms. The van der Waals surface area contributed by atoms with Crippen LogP contribution in [0.2, 0.25) is 0 Å². The zero-order valence-corrected chi connectivity index (χ0v) is 12.8. The van der Waals surface area contributed by atoms with Crippen LogP contribution in [0.25, 0.3) is 0 Å². The predicted molar refractivity (Wildman–Crippen MR) is 83.9 cm³/mol. The van der Waals surface area contributed by atoms with E-state index >= 15 is 0 Å². The number of carbonyl (C=O) groups excluding carboxylic acids is 1. The molecule has 1 aliphatic heterocycles. The minimum atomic E-state index is -0.126. The van der Waals surface area contributed by atoms with Crippen LogP contribution in [0.1, 0.15) is 36.0 Å². The highest BCUT2D eigenvalue weighted by molar-refractivity contribution is 5.96. The monoisotopic (exact) mass is 304 g/mol. The van der Waals surface area contributed by atoms with Crippen LogP contribution in [0.4, 0.5) is 0 Å². The van der Waals surface area contributed by atoms with E-state index < -0.39 is 0 Å². The maximum absolute atomic E-state index is 12.3. The van der Waals surface area contributed by atoms with Crippen molar-refractivity contribution in [1.82, 2.24) is 5.32 Å². The van der Waals surface area contributed by atoms with Crippen molar-refractivity contribution >= 4 is 5.91 Å². The van der Waals surface area contributed by atoms with Crippen molar-refractivity contribution in [1.29, 1.82) is 0 Å². The van der Waals surface area contributed by atoms with Crippen LogP contribution in [0.3, 0.4) is 0 Å². The second-order valence-electron chi connectivity index (χ2n) is 6.15. The number of nitrogens with one attached hydrogen (secondary N) is 1. The van der Waals surface area contributed by atoms with Gasteiger partial charge in [0.1, 0.15) is 12.4 Å². The van der Waals surface area contributed by atoms with Gasteiger partial charge in [-0.3, -0.25) is 4.79 Å². The lowest BCUT2D eigenvalue weighted by Crippen LogP contribution is -2.38. The van der Waals surface area contributed by atoms with Crippen LogP contribution in [-0.4, -0.2) is 37.8 Å². The van der Waals surface area contributed by atoms with Crippen molar-refractivity contribution in [3.05, 3.63) is 29.8 Å². The molecule has 2 aliphatic rings. The van der Waals surface area contributed by atoms with Gasteiger partial charge in [0.15, 0.2) is 0 Å². The van der Waals surface area contributed by atoms with Gasteiger partial charge >= 0.3 is 0 Å². The molecule has 1 saturated heterocycles. The second kappa shape index (κ2) is 7.11. The highest BCUT2D eigenvalue weighted by atomic mass is 16.5. The molecule has 3 rings (SSSR count). The average molecular weight is 304 g/mol. The predicted octanol–water partition coefficient (Wildman–Crippen LogP) is 1.71. The van der Waals surface area contributed by atoms with Crippen molar-refractivity contribution in [2.75, 3.05) is 19.8 Å². The van der Waals surface area contributed by atoms with Gasteiger partial charge in [-0.25, -0.2) is 0 Å². The first-order valence-corrected chi connectivity index (χ1v) is 8.11. The van der Waals surface area contributed by atoms with Gasteiger partial charge < -0.3 is 20.5 Å². The Bertz CT molecular complexity index is 510. The number of rotatable bonds is 7. The molecule has 2 unspecified atom stereocenters. The van der Waals surface area contributed by atoms with E-state index in [-0.39, 0.29) is 18.1 Å². The molecule has 1 amide bonds. The molecule has 2 atom stereocenters. The van der Waals surface area contributed by atoms with Crippen molar-refractivity contribution < 1.29 is 14.3 Å². The first kappa shape index (κ1) is 15.3. The summed E-state index contributed by atoms with van der Waals surface area (Å²) in [6.45, 7) is 1.81. The Morgan fingerprint density at radius 3 is 2.91 bits per heavy atom. The maximum Gasteiger partial charge on any atom is 0.255 e. The van der Waals surface area contributed by atoms with E-state index in [1.165, 1.54) is 12.8 Å². The molecule has 5 nitrogen and oxygen atoms in total. The fourth-order valence-corrected chi connectivity index (χ4v) is 2.74. The first-order valence-electron chi connectivity index (χ1n) is 8.11. The third-order valence-electron chi connectivity index (χ3n) is 4.31. The van der Waals surface area contributed by atoms with Gasteiger partial charge in [0, 0.05) is 19.2 Å². The Morgan fingerprint density at radius 2 is 2.18 bits per heavy atom. The van der Waals surface area contributed by atoms with Gasteiger partial charge in [-0.15, -0.1) is 0 Å². The summed E-state index contributed by atoms with van der Waals surface area (Å²) in [6.07, 6.45) is 4.59. The topological polar surface area (TPSA) is 73.6 Å².